The molecule has 35 heteroatoms. The van der Waals surface area contributed by atoms with Crippen LogP contribution in [0.3, 0.4) is 0 Å². The number of hydrogen-bond donors (Lipinski definition) is 10. The van der Waals surface area contributed by atoms with E-state index in [-0.39, 0.29) is 50.2 Å². The maximum atomic E-state index is 12.1. The molecule has 14 fully saturated rings. The third-order valence-electron chi connectivity index (χ3n) is 25.1. The topological polar surface area (TPSA) is 446 Å². The highest BCUT2D eigenvalue weighted by molar-refractivity contribution is 7.81. The van der Waals surface area contributed by atoms with Crippen LogP contribution in [0.4, 0.5) is 0 Å². The molecule has 0 spiro atoms. The van der Waals surface area contributed by atoms with Gasteiger partial charge in [0, 0.05) is 44.9 Å². The Morgan fingerprint density at radius 3 is 1.74 bits per heavy atom. The Balaban J connectivity index is 0.664. The molecule has 602 valence electrons. The van der Waals surface area contributed by atoms with E-state index in [0.717, 1.165) is 5.57 Å². The van der Waals surface area contributed by atoms with Crippen molar-refractivity contribution in [3.63, 3.8) is 0 Å². The van der Waals surface area contributed by atoms with E-state index < -0.39 is 259 Å². The molecule has 14 aliphatic rings. The van der Waals surface area contributed by atoms with Gasteiger partial charge in [0.15, 0.2) is 18.9 Å². The van der Waals surface area contributed by atoms with Crippen molar-refractivity contribution in [3.8, 4) is 0 Å². The predicted octanol–water partition coefficient (Wildman–Crippen LogP) is 0.840. The van der Waals surface area contributed by atoms with E-state index in [1.165, 1.54) is 0 Å². The summed E-state index contributed by atoms with van der Waals surface area (Å²) in [6.07, 6.45) is -19.1. The molecule has 0 amide bonds. The van der Waals surface area contributed by atoms with Crippen molar-refractivity contribution in [2.45, 2.75) is 362 Å². The Kier molecular flexibility index (Phi) is 23.3. The van der Waals surface area contributed by atoms with Gasteiger partial charge in [0.2, 0.25) is 0 Å². The monoisotopic (exact) mass is 1550 g/mol. The molecular weight excluding hydrogens is 1440 g/mol. The van der Waals surface area contributed by atoms with Gasteiger partial charge in [0.05, 0.1) is 141 Å². The van der Waals surface area contributed by atoms with Crippen LogP contribution in [0.25, 0.3) is 0 Å². The Labute approximate surface area is 617 Å². The molecule has 10 N–H and O–H groups in total. The van der Waals surface area contributed by atoms with Crippen LogP contribution in [0.2, 0.25) is 0 Å². The Hall–Kier alpha value is -2.30. The zero-order chi connectivity index (χ0) is 75.7. The fraction of sp³-hybridized carbons (Fsp3) is 0.887. The molecule has 0 radical (unpaired) electrons. The summed E-state index contributed by atoms with van der Waals surface area (Å²) < 4.78 is 189. The first kappa shape index (κ1) is 80.3. The van der Waals surface area contributed by atoms with Gasteiger partial charge in [0.1, 0.15) is 90.6 Å². The second-order valence-electron chi connectivity index (χ2n) is 32.9. The van der Waals surface area contributed by atoms with Crippen molar-refractivity contribution in [2.75, 3.05) is 26.4 Å². The average molecular weight is 1550 g/mol. The summed E-state index contributed by atoms with van der Waals surface area (Å²) in [6, 6.07) is 0. The summed E-state index contributed by atoms with van der Waals surface area (Å²) in [7, 11) is -9.70. The second kappa shape index (κ2) is 30.8. The fourth-order valence-corrected chi connectivity index (χ4v) is 20.1. The minimum Gasteiger partial charge on any atom is -0.394 e. The summed E-state index contributed by atoms with van der Waals surface area (Å²) in [4.78, 5) is 0. The molecule has 14 saturated heterocycles. The van der Waals surface area contributed by atoms with Crippen molar-refractivity contribution >= 4 is 20.8 Å². The molecule has 0 aromatic heterocycles. The van der Waals surface area contributed by atoms with E-state index >= 15 is 0 Å². The predicted molar refractivity (Wildman–Crippen MR) is 360 cm³/mol. The van der Waals surface area contributed by atoms with Gasteiger partial charge in [-0.15, -0.1) is 6.58 Å². The van der Waals surface area contributed by atoms with E-state index in [9.17, 15) is 62.2 Å². The zero-order valence-electron chi connectivity index (χ0n) is 60.5. The molecule has 0 bridgehead atoms. The lowest BCUT2D eigenvalue weighted by Gasteiger charge is -2.61. The minimum atomic E-state index is -4.96. The van der Waals surface area contributed by atoms with Gasteiger partial charge in [-0.1, -0.05) is 43.9 Å². The Morgan fingerprint density at radius 1 is 0.594 bits per heavy atom. The van der Waals surface area contributed by atoms with Crippen LogP contribution in [0.15, 0.2) is 49.1 Å². The largest absolute Gasteiger partial charge is 0.397 e. The van der Waals surface area contributed by atoms with Gasteiger partial charge >= 0.3 is 20.8 Å². The molecule has 106 heavy (non-hydrogen) atoms. The van der Waals surface area contributed by atoms with E-state index in [1.807, 2.05) is 6.92 Å². The molecule has 33 nitrogen and oxygen atoms in total. The van der Waals surface area contributed by atoms with Crippen LogP contribution in [0, 0.1) is 5.92 Å². The number of hydrogen-bond acceptors (Lipinski definition) is 31. The lowest BCUT2D eigenvalue weighted by Crippen LogP contribution is -2.75. The second-order valence-corrected chi connectivity index (χ2v) is 35.0. The fourth-order valence-electron chi connectivity index (χ4n) is 19.2. The first-order valence-corrected chi connectivity index (χ1v) is 40.2. The Morgan fingerprint density at radius 2 is 1.12 bits per heavy atom. The summed E-state index contributed by atoms with van der Waals surface area (Å²) >= 11 is 0. The highest BCUT2D eigenvalue weighted by Gasteiger charge is 2.67. The number of fused-ring (bicyclic) bond motifs is 10. The number of aliphatic hydroxyl groups excluding tert-OH is 7. The van der Waals surface area contributed by atoms with Crippen LogP contribution >= 0.6 is 0 Å². The molecule has 0 aromatic rings. The van der Waals surface area contributed by atoms with Gasteiger partial charge in [0.25, 0.3) is 0 Å². The van der Waals surface area contributed by atoms with Crippen molar-refractivity contribution in [3.05, 3.63) is 49.1 Å². The Bertz CT molecular complexity index is 3410. The summed E-state index contributed by atoms with van der Waals surface area (Å²) in [5.74, 6) is -0.128. The van der Waals surface area contributed by atoms with E-state index in [1.54, 1.807) is 32.1 Å². The summed E-state index contributed by atoms with van der Waals surface area (Å²) in [6.45, 7) is 21.8. The van der Waals surface area contributed by atoms with E-state index in [2.05, 4.69) is 44.7 Å². The van der Waals surface area contributed by atoms with E-state index in [4.69, 9.17) is 89.3 Å². The number of ether oxygens (including phenoxy) is 17. The smallest absolute Gasteiger partial charge is 0.394 e. The third kappa shape index (κ3) is 16.1. The van der Waals surface area contributed by atoms with Gasteiger partial charge in [-0.3, -0.25) is 9.11 Å². The maximum Gasteiger partial charge on any atom is 0.397 e. The lowest BCUT2D eigenvalue weighted by atomic mass is 9.72. The molecule has 0 unspecified atom stereocenters. The van der Waals surface area contributed by atoms with Crippen LogP contribution in [0.1, 0.15) is 138 Å². The van der Waals surface area contributed by atoms with Gasteiger partial charge < -0.3 is 121 Å². The van der Waals surface area contributed by atoms with Crippen LogP contribution in [-0.2, 0) is 110 Å². The van der Waals surface area contributed by atoms with Gasteiger partial charge in [-0.2, -0.15) is 16.8 Å². The number of allylic oxidation sites excluding steroid dienone is 3. The normalized spacial score (nSPS) is 51.4. The SMILES string of the molecule is C=CCC(=C)/C=C/[C@@](C)(O)[C@H]1O[C@@H]2C[C@@H]3O[C@@H]4C[C@@H]5O[C@@H]6C[C@@H]7O[C@@H]8C[C@@H]9O[C@@H]%10C[C@@H]%11O[C@](C)(CCCOS(=O)(=O)O)[C@@H](OS(=O)(=O)O)C[C@H]%11O[C@H]%10C[C@H]9O[C@H]8CC[C@@]7(C)O[C@@]6(C)CC[C@H](C)[C@H]5O[C@@H]4[C@@H](O[C@H]4O[C@@H](CO[C@H]5O[C@@H](CO[C@H]6O[C@@H](CO)[C@H](O)[C@H]6O)[C@H](O)[C@H]5O)[C@H](O)[C@H]4O)[C@@]3(C)O[C@H]2CC1=C. The summed E-state index contributed by atoms with van der Waals surface area (Å²) in [5.41, 5.74) is -4.46. The maximum absolute atomic E-state index is 12.1. The van der Waals surface area contributed by atoms with Crippen molar-refractivity contribution < 1.29 is 156 Å². The quantitative estimate of drug-likeness (QED) is 0.0329. The molecule has 38 atom stereocenters. The molecular formula is C71H108O33S2. The first-order chi connectivity index (χ1) is 49.9. The van der Waals surface area contributed by atoms with E-state index in [0.29, 0.717) is 69.8 Å². The first-order valence-electron chi connectivity index (χ1n) is 37.4. The van der Waals surface area contributed by atoms with Crippen LogP contribution in [-0.4, -0.2) is 317 Å². The zero-order valence-corrected chi connectivity index (χ0v) is 62.2. The van der Waals surface area contributed by atoms with Crippen molar-refractivity contribution in [1.29, 1.82) is 0 Å². The molecule has 14 heterocycles. The molecule has 0 aromatic carbocycles. The van der Waals surface area contributed by atoms with Crippen molar-refractivity contribution in [2.24, 2.45) is 5.92 Å². The molecule has 0 saturated carbocycles. The highest BCUT2D eigenvalue weighted by atomic mass is 32.3. The average Bonchev–Trinajstić information content (AvgIpc) is 0.812. The standard InChI is InChI=1S/C71H108O33S2/c1-10-12-32(2)13-17-67(5,79)62-34(4)21-43-42(95-62)27-53-71(9,102-43)63(100-66-59(78)56(75)49(98-66)31-87-65-58(77)55(74)48(97-65)30-86-64-57(76)54(73)47(29-72)96-64)61-46(94-53)25-45-60(99-61)33(3)14-18-69(7)51(93-45)28-50-70(8,104-69)19-15-35-36(92-50)22-38-37(89-35)23-39-40(90-38)24-44-41(91-39)26-52(103-106(83,84)85)68(6,101-44)16-11-20-88-105(80,81)82/h10,13,17,33,35-66,72-79H,1-2,4,11-12,14-16,18-31H2,3,5-9H3,(H,80,81,82)(H,83,84,85)/b17-13+/t33-,35-,36+,37+,38-,39-,40+,41+,42+,43-,44-,45-,46+,47-,48-,49-,50-,51+,52-,53-,54-,55-,56-,57+,58+,59+,60+,61-,62-,63+,64-,65-,66+,67+,68+,69-,70+,71-/m0/s1. The summed E-state index contributed by atoms with van der Waals surface area (Å²) in [5, 5.41) is 87.7. The van der Waals surface area contributed by atoms with Gasteiger partial charge in [-0.25, -0.2) is 8.37 Å². The van der Waals surface area contributed by atoms with Gasteiger partial charge in [-0.05, 0) is 97.5 Å². The highest BCUT2D eigenvalue weighted by Crippen LogP contribution is 2.55. The van der Waals surface area contributed by atoms with Crippen LogP contribution in [0.5, 0.6) is 0 Å². The third-order valence-corrected chi connectivity index (χ3v) is 26.0. The van der Waals surface area contributed by atoms with Crippen LogP contribution < -0.4 is 0 Å². The number of rotatable bonds is 21. The lowest BCUT2D eigenvalue weighted by molar-refractivity contribution is -0.387. The van der Waals surface area contributed by atoms with Crippen molar-refractivity contribution in [1.82, 2.24) is 0 Å². The number of aliphatic hydroxyl groups is 8. The minimum absolute atomic E-state index is 0.0210. The molecule has 14 rings (SSSR count). The molecule has 0 aliphatic carbocycles. The molecule has 14 aliphatic heterocycles.